The third kappa shape index (κ3) is 201. The molecular weight excluding hydrogens is 528 g/mol. The highest BCUT2D eigenvalue weighted by Gasteiger charge is 1.96. The fraction of sp³-hybridized carbons (Fsp3) is 0.864. The van der Waals surface area contributed by atoms with Crippen molar-refractivity contribution in [2.24, 2.45) is 11.8 Å². The predicted molar refractivity (Wildman–Crippen MR) is 225 cm³/mol. The average molecular weight is 633 g/mol. The second-order valence-electron chi connectivity index (χ2n) is 8.58. The quantitative estimate of drug-likeness (QED) is 0.289. The summed E-state index contributed by atoms with van der Waals surface area (Å²) >= 11 is 0. The van der Waals surface area contributed by atoms with Crippen molar-refractivity contribution in [3.63, 3.8) is 0 Å². The Morgan fingerprint density at radius 1 is 0.295 bits per heavy atom. The third-order valence-electron chi connectivity index (χ3n) is 4.23. The Hall–Kier alpha value is -0.780. The highest BCUT2D eigenvalue weighted by atomic mass is 14.0. The van der Waals surface area contributed by atoms with Crippen molar-refractivity contribution in [3.8, 4) is 0 Å². The van der Waals surface area contributed by atoms with Crippen LogP contribution in [0.5, 0.6) is 0 Å². The Morgan fingerprint density at radius 2 is 0.364 bits per heavy atom. The van der Waals surface area contributed by atoms with Crippen molar-refractivity contribution in [1.82, 2.24) is 0 Å². The van der Waals surface area contributed by atoms with E-state index in [0.29, 0.717) is 0 Å². The van der Waals surface area contributed by atoms with Gasteiger partial charge >= 0.3 is 0 Å². The Morgan fingerprint density at radius 3 is 0.409 bits per heavy atom. The topological polar surface area (TPSA) is 0 Å². The monoisotopic (exact) mass is 633 g/mol. The molecular formula is C44H104. The molecule has 44 heavy (non-hydrogen) atoms. The summed E-state index contributed by atoms with van der Waals surface area (Å²) < 4.78 is 0. The van der Waals surface area contributed by atoms with E-state index in [1.807, 2.05) is 161 Å². The maximum absolute atomic E-state index is 2.22. The summed E-state index contributed by atoms with van der Waals surface area (Å²) in [6.07, 6.45) is 17.8. The molecule has 0 saturated heterocycles. The van der Waals surface area contributed by atoms with Gasteiger partial charge in [-0.2, -0.15) is 0 Å². The second kappa shape index (κ2) is 133. The smallest absolute Gasteiger partial charge is 0.0474 e. The van der Waals surface area contributed by atoms with E-state index in [1.54, 1.807) is 0 Å². The van der Waals surface area contributed by atoms with Crippen molar-refractivity contribution in [2.75, 3.05) is 0 Å². The molecule has 0 radical (unpaired) electrons. The fourth-order valence-electron chi connectivity index (χ4n) is 2.33. The SMILES string of the molecule is C1CCCC1.C1CCCCC1.CC.CC.CC.CC.CC.CC.CC.CC.CC.CC(C)C.CCC(C)C.c1ccccc1. The molecule has 0 amide bonds. The molecule has 2 aliphatic carbocycles. The fourth-order valence-corrected chi connectivity index (χ4v) is 2.33. The maximum atomic E-state index is 2.22. The summed E-state index contributed by atoms with van der Waals surface area (Å²) in [6, 6.07) is 12.0. The van der Waals surface area contributed by atoms with Crippen molar-refractivity contribution in [1.29, 1.82) is 0 Å². The second-order valence-corrected chi connectivity index (χ2v) is 8.58. The zero-order valence-corrected chi connectivity index (χ0v) is 37.1. The molecule has 0 heteroatoms. The molecule has 1 aromatic carbocycles. The van der Waals surface area contributed by atoms with E-state index in [1.165, 1.54) is 77.0 Å². The standard InChI is InChI=1S/C6H12.C6H6.C5H10.C5H12.C4H10.9C2H6/c2*1-2-4-6-5-3-1;1-2-4-5-3-1;1-4-5(2)3;1-4(2)3;9*1-2/h1-6H2;1-6H;1-5H2;5H,4H2,1-3H3;4H,1-3H3;9*1-2H3. The molecule has 0 N–H and O–H groups in total. The normalized spacial score (nSPS) is 10.2. The van der Waals surface area contributed by atoms with Gasteiger partial charge in [0.25, 0.3) is 0 Å². The Kier molecular flexibility index (Phi) is 224. The van der Waals surface area contributed by atoms with Gasteiger partial charge in [-0.15, -0.1) is 0 Å². The van der Waals surface area contributed by atoms with E-state index in [2.05, 4.69) is 41.5 Å². The molecule has 280 valence electrons. The van der Waals surface area contributed by atoms with Gasteiger partial charge in [0.2, 0.25) is 0 Å². The van der Waals surface area contributed by atoms with Gasteiger partial charge in [-0.05, 0) is 11.8 Å². The van der Waals surface area contributed by atoms with Gasteiger partial charge in [0.1, 0.15) is 0 Å². The van der Waals surface area contributed by atoms with Gasteiger partial charge in [0.15, 0.2) is 0 Å². The van der Waals surface area contributed by atoms with Gasteiger partial charge in [-0.25, -0.2) is 0 Å². The summed E-state index contributed by atoms with van der Waals surface area (Å²) in [7, 11) is 0. The van der Waals surface area contributed by atoms with Crippen LogP contribution in [0.25, 0.3) is 0 Å². The minimum atomic E-state index is 0.833. The van der Waals surface area contributed by atoms with Crippen LogP contribution in [0.3, 0.4) is 0 Å². The van der Waals surface area contributed by atoms with Crippen molar-refractivity contribution in [2.45, 2.75) is 243 Å². The molecule has 2 fully saturated rings. The molecule has 0 aromatic heterocycles. The molecule has 0 bridgehead atoms. The summed E-state index contributed by atoms with van der Waals surface area (Å²) in [5, 5.41) is 0. The minimum absolute atomic E-state index is 0.833. The van der Waals surface area contributed by atoms with Crippen LogP contribution >= 0.6 is 0 Å². The first-order valence-corrected chi connectivity index (χ1v) is 20.5. The molecule has 0 heterocycles. The molecule has 0 unspecified atom stereocenters. The average Bonchev–Trinajstić information content (AvgIpc) is 3.75. The first kappa shape index (κ1) is 74.2. The van der Waals surface area contributed by atoms with Crippen LogP contribution in [0.2, 0.25) is 0 Å². The lowest BCUT2D eigenvalue weighted by Crippen LogP contribution is -1.85. The van der Waals surface area contributed by atoms with E-state index in [0.717, 1.165) is 11.8 Å². The first-order chi connectivity index (χ1) is 21.5. The molecule has 0 nitrogen and oxygen atoms in total. The van der Waals surface area contributed by atoms with Gasteiger partial charge in [-0.3, -0.25) is 0 Å². The van der Waals surface area contributed by atoms with Gasteiger partial charge < -0.3 is 0 Å². The Labute approximate surface area is 290 Å². The lowest BCUT2D eigenvalue weighted by molar-refractivity contribution is 0.504. The van der Waals surface area contributed by atoms with Crippen LogP contribution in [0.15, 0.2) is 36.4 Å². The Balaban J connectivity index is -0.0000000306. The van der Waals surface area contributed by atoms with Crippen molar-refractivity contribution >= 4 is 0 Å². The van der Waals surface area contributed by atoms with Crippen LogP contribution in [-0.2, 0) is 0 Å². The Bertz CT molecular complexity index is 255. The van der Waals surface area contributed by atoms with E-state index in [4.69, 9.17) is 0 Å². The molecule has 0 atom stereocenters. The summed E-state index contributed by atoms with van der Waals surface area (Å²) in [5.74, 6) is 1.72. The van der Waals surface area contributed by atoms with Crippen molar-refractivity contribution < 1.29 is 0 Å². The summed E-state index contributed by atoms with van der Waals surface area (Å²) in [4.78, 5) is 0. The molecule has 2 aliphatic rings. The van der Waals surface area contributed by atoms with Crippen LogP contribution in [0.4, 0.5) is 0 Å². The number of benzene rings is 1. The highest BCUT2D eigenvalue weighted by molar-refractivity contribution is 4.99. The van der Waals surface area contributed by atoms with Crippen LogP contribution in [0.1, 0.15) is 243 Å². The van der Waals surface area contributed by atoms with Crippen molar-refractivity contribution in [3.05, 3.63) is 36.4 Å². The molecule has 0 aliphatic heterocycles. The van der Waals surface area contributed by atoms with Crippen LogP contribution in [0, 0.1) is 11.8 Å². The van der Waals surface area contributed by atoms with Crippen LogP contribution in [-0.4, -0.2) is 0 Å². The predicted octanol–water partition coefficient (Wildman–Crippen LogP) is 18.9. The number of hydrogen-bond donors (Lipinski definition) is 0. The number of hydrogen-bond acceptors (Lipinski definition) is 0. The van der Waals surface area contributed by atoms with E-state index >= 15 is 0 Å². The molecule has 1 aromatic rings. The van der Waals surface area contributed by atoms with E-state index < -0.39 is 0 Å². The number of rotatable bonds is 1. The van der Waals surface area contributed by atoms with E-state index in [9.17, 15) is 0 Å². The highest BCUT2D eigenvalue weighted by Crippen LogP contribution is 2.15. The zero-order chi connectivity index (χ0) is 37.9. The van der Waals surface area contributed by atoms with E-state index in [-0.39, 0.29) is 0 Å². The summed E-state index contributed by atoms with van der Waals surface area (Å²) in [5.41, 5.74) is 0. The van der Waals surface area contributed by atoms with Gasteiger partial charge in [0.05, 0.1) is 0 Å². The lowest BCUT2D eigenvalue weighted by atomic mass is 10.0. The zero-order valence-electron chi connectivity index (χ0n) is 37.1. The first-order valence-electron chi connectivity index (χ1n) is 20.5. The van der Waals surface area contributed by atoms with Gasteiger partial charge in [-0.1, -0.05) is 280 Å². The maximum Gasteiger partial charge on any atom is -0.0474 e. The summed E-state index contributed by atoms with van der Waals surface area (Å²) in [6.45, 7) is 49.1. The largest absolute Gasteiger partial charge is 0.0683 e. The third-order valence-corrected chi connectivity index (χ3v) is 4.23. The van der Waals surface area contributed by atoms with Gasteiger partial charge in [0, 0.05) is 0 Å². The molecule has 3 rings (SSSR count). The lowest BCUT2D eigenvalue weighted by Gasteiger charge is -2.05. The molecule has 2 saturated carbocycles. The molecule has 0 spiro atoms. The van der Waals surface area contributed by atoms with Crippen LogP contribution < -0.4 is 0 Å². The minimum Gasteiger partial charge on any atom is -0.0683 e.